The summed E-state index contributed by atoms with van der Waals surface area (Å²) < 4.78 is 70.9. The van der Waals surface area contributed by atoms with E-state index in [-0.39, 0.29) is 28.6 Å². The van der Waals surface area contributed by atoms with E-state index in [1.54, 1.807) is 24.3 Å². The fraction of sp³-hybridized carbons (Fsp3) is 0.120. The molecule has 11 heteroatoms. The van der Waals surface area contributed by atoms with Crippen LogP contribution in [0.1, 0.15) is 16.1 Å². The van der Waals surface area contributed by atoms with E-state index in [4.69, 9.17) is 14.2 Å². The summed E-state index contributed by atoms with van der Waals surface area (Å²) in [5.74, 6) is -0.862. The molecule has 1 aromatic heterocycles. The van der Waals surface area contributed by atoms with E-state index in [0.717, 1.165) is 22.9 Å². The number of hydrogen-bond donors (Lipinski definition) is 1. The second kappa shape index (κ2) is 9.98. The Morgan fingerprint density at radius 1 is 0.889 bits per heavy atom. The SMILES string of the molecule is COc1ccccc1Oc1ccc(NC(=O)c2nn(-c3cccc(C(F)(F)F)c3)cc2OC)cc1F. The lowest BCUT2D eigenvalue weighted by Crippen LogP contribution is -2.14. The smallest absolute Gasteiger partial charge is 0.416 e. The van der Waals surface area contributed by atoms with E-state index in [1.807, 2.05) is 0 Å². The molecule has 3 aromatic carbocycles. The van der Waals surface area contributed by atoms with E-state index in [1.165, 1.54) is 44.7 Å². The van der Waals surface area contributed by atoms with Gasteiger partial charge in [-0.25, -0.2) is 9.07 Å². The van der Waals surface area contributed by atoms with Crippen LogP contribution in [0.5, 0.6) is 23.0 Å². The lowest BCUT2D eigenvalue weighted by Gasteiger charge is -2.11. The number of carbonyl (C=O) groups is 1. The van der Waals surface area contributed by atoms with E-state index in [0.29, 0.717) is 11.5 Å². The number of amides is 1. The van der Waals surface area contributed by atoms with Gasteiger partial charge in [-0.2, -0.15) is 18.3 Å². The lowest BCUT2D eigenvalue weighted by molar-refractivity contribution is -0.137. The molecule has 186 valence electrons. The van der Waals surface area contributed by atoms with Crippen molar-refractivity contribution in [2.45, 2.75) is 6.18 Å². The average molecular weight is 501 g/mol. The molecule has 1 amide bonds. The standard InChI is InChI=1S/C25H19F4N3O4/c1-34-20-8-3-4-9-21(20)36-19-11-10-16(13-18(19)26)30-24(33)23-22(35-2)14-32(31-23)17-7-5-6-15(12-17)25(27,28)29/h3-14H,1-2H3,(H,30,33). The average Bonchev–Trinajstić information content (AvgIpc) is 3.30. The Morgan fingerprint density at radius 2 is 1.61 bits per heavy atom. The largest absolute Gasteiger partial charge is 0.493 e. The number of ether oxygens (including phenoxy) is 3. The van der Waals surface area contributed by atoms with E-state index < -0.39 is 23.5 Å². The summed E-state index contributed by atoms with van der Waals surface area (Å²) in [6.07, 6.45) is -3.27. The van der Waals surface area contributed by atoms with Crippen molar-refractivity contribution in [3.63, 3.8) is 0 Å². The van der Waals surface area contributed by atoms with Crippen molar-refractivity contribution in [1.82, 2.24) is 9.78 Å². The lowest BCUT2D eigenvalue weighted by atomic mass is 10.2. The molecule has 36 heavy (non-hydrogen) atoms. The zero-order valence-corrected chi connectivity index (χ0v) is 19.0. The third kappa shape index (κ3) is 5.24. The molecular formula is C25H19F4N3O4. The van der Waals surface area contributed by atoms with Gasteiger partial charge in [0.25, 0.3) is 5.91 Å². The maximum absolute atomic E-state index is 14.7. The second-order valence-electron chi connectivity index (χ2n) is 7.39. The predicted molar refractivity (Wildman–Crippen MR) is 123 cm³/mol. The van der Waals surface area contributed by atoms with Crippen LogP contribution in [0.4, 0.5) is 23.2 Å². The minimum Gasteiger partial charge on any atom is -0.493 e. The highest BCUT2D eigenvalue weighted by atomic mass is 19.4. The molecule has 0 aliphatic carbocycles. The van der Waals surface area contributed by atoms with E-state index >= 15 is 0 Å². The van der Waals surface area contributed by atoms with Crippen molar-refractivity contribution in [2.75, 3.05) is 19.5 Å². The number of para-hydroxylation sites is 2. The molecule has 7 nitrogen and oxygen atoms in total. The first kappa shape index (κ1) is 24.6. The maximum Gasteiger partial charge on any atom is 0.416 e. The van der Waals surface area contributed by atoms with Gasteiger partial charge in [0.15, 0.2) is 34.5 Å². The highest BCUT2D eigenvalue weighted by Crippen LogP contribution is 2.34. The van der Waals surface area contributed by atoms with Crippen LogP contribution in [0.2, 0.25) is 0 Å². The molecule has 0 atom stereocenters. The third-order valence-electron chi connectivity index (χ3n) is 5.03. The molecule has 4 aromatic rings. The van der Waals surface area contributed by atoms with Gasteiger partial charge in [0, 0.05) is 11.8 Å². The number of hydrogen-bond acceptors (Lipinski definition) is 5. The Kier molecular flexibility index (Phi) is 6.82. The van der Waals surface area contributed by atoms with Gasteiger partial charge in [0.2, 0.25) is 0 Å². The number of nitrogens with zero attached hydrogens (tertiary/aromatic N) is 2. The number of aromatic nitrogens is 2. The van der Waals surface area contributed by atoms with Gasteiger partial charge in [-0.15, -0.1) is 0 Å². The summed E-state index contributed by atoms with van der Waals surface area (Å²) in [7, 11) is 2.74. The Hall–Kier alpha value is -4.54. The molecule has 0 aliphatic rings. The van der Waals surface area contributed by atoms with Crippen molar-refractivity contribution in [3.8, 4) is 28.7 Å². The number of nitrogens with one attached hydrogen (secondary N) is 1. The van der Waals surface area contributed by atoms with Gasteiger partial charge >= 0.3 is 6.18 Å². The Labute approximate surface area is 202 Å². The quantitative estimate of drug-likeness (QED) is 0.310. The number of anilines is 1. The molecule has 0 saturated carbocycles. The molecule has 0 fully saturated rings. The first-order valence-corrected chi connectivity index (χ1v) is 10.4. The van der Waals surface area contributed by atoms with Crippen LogP contribution in [0.15, 0.2) is 72.9 Å². The van der Waals surface area contributed by atoms with Gasteiger partial charge in [-0.3, -0.25) is 4.79 Å². The summed E-state index contributed by atoms with van der Waals surface area (Å²) in [5.41, 5.74) is -0.900. The maximum atomic E-state index is 14.7. The zero-order chi connectivity index (χ0) is 25.9. The number of methoxy groups -OCH3 is 2. The fourth-order valence-electron chi connectivity index (χ4n) is 3.30. The number of alkyl halides is 3. The van der Waals surface area contributed by atoms with Gasteiger partial charge in [0.05, 0.1) is 31.7 Å². The van der Waals surface area contributed by atoms with Gasteiger partial charge < -0.3 is 19.5 Å². The van der Waals surface area contributed by atoms with Crippen LogP contribution in [0, 0.1) is 5.82 Å². The first-order valence-electron chi connectivity index (χ1n) is 10.4. The second-order valence-corrected chi connectivity index (χ2v) is 7.39. The monoisotopic (exact) mass is 501 g/mol. The van der Waals surface area contributed by atoms with Gasteiger partial charge in [0.1, 0.15) is 0 Å². The van der Waals surface area contributed by atoms with Crippen LogP contribution < -0.4 is 19.5 Å². The van der Waals surface area contributed by atoms with Crippen LogP contribution in [-0.2, 0) is 6.18 Å². The zero-order valence-electron chi connectivity index (χ0n) is 19.0. The minimum atomic E-state index is -4.54. The summed E-state index contributed by atoms with van der Waals surface area (Å²) in [6, 6.07) is 15.0. The third-order valence-corrected chi connectivity index (χ3v) is 5.03. The molecule has 0 spiro atoms. The number of rotatable bonds is 7. The van der Waals surface area contributed by atoms with Gasteiger partial charge in [-0.05, 0) is 42.5 Å². The Balaban J connectivity index is 1.55. The number of benzene rings is 3. The number of halogens is 4. The topological polar surface area (TPSA) is 74.6 Å². The molecule has 0 bridgehead atoms. The van der Waals surface area contributed by atoms with Crippen LogP contribution >= 0.6 is 0 Å². The van der Waals surface area contributed by atoms with Crippen LogP contribution in [0.25, 0.3) is 5.69 Å². The summed E-state index contributed by atoms with van der Waals surface area (Å²) in [4.78, 5) is 12.8. The summed E-state index contributed by atoms with van der Waals surface area (Å²) >= 11 is 0. The van der Waals surface area contributed by atoms with Crippen LogP contribution in [-0.4, -0.2) is 29.9 Å². The molecular weight excluding hydrogens is 482 g/mol. The molecule has 1 heterocycles. The van der Waals surface area contributed by atoms with E-state index in [9.17, 15) is 22.4 Å². The molecule has 0 saturated heterocycles. The highest BCUT2D eigenvalue weighted by molar-refractivity contribution is 6.04. The predicted octanol–water partition coefficient (Wildman–Crippen LogP) is 6.09. The summed E-state index contributed by atoms with van der Waals surface area (Å²) in [6.45, 7) is 0. The van der Waals surface area contributed by atoms with Gasteiger partial charge in [-0.1, -0.05) is 18.2 Å². The molecule has 0 aliphatic heterocycles. The van der Waals surface area contributed by atoms with Crippen molar-refractivity contribution in [1.29, 1.82) is 0 Å². The Morgan fingerprint density at radius 3 is 2.28 bits per heavy atom. The summed E-state index contributed by atoms with van der Waals surface area (Å²) in [5, 5.41) is 6.56. The molecule has 0 unspecified atom stereocenters. The normalized spacial score (nSPS) is 11.2. The fourth-order valence-corrected chi connectivity index (χ4v) is 3.30. The van der Waals surface area contributed by atoms with Crippen molar-refractivity contribution < 1.29 is 36.6 Å². The molecule has 1 N–H and O–H groups in total. The molecule has 4 rings (SSSR count). The van der Waals surface area contributed by atoms with Crippen LogP contribution in [0.3, 0.4) is 0 Å². The van der Waals surface area contributed by atoms with Crippen molar-refractivity contribution in [2.24, 2.45) is 0 Å². The Bertz CT molecular complexity index is 1400. The minimum absolute atomic E-state index is 0.0153. The highest BCUT2D eigenvalue weighted by Gasteiger charge is 2.31. The first-order chi connectivity index (χ1) is 17.2. The van der Waals surface area contributed by atoms with Crippen molar-refractivity contribution in [3.05, 3.63) is 90.0 Å². The molecule has 0 radical (unpaired) electrons. The van der Waals surface area contributed by atoms with Crippen molar-refractivity contribution >= 4 is 11.6 Å². The number of carbonyl (C=O) groups excluding carboxylic acids is 1. The van der Waals surface area contributed by atoms with E-state index in [2.05, 4.69) is 10.4 Å².